The van der Waals surface area contributed by atoms with Gasteiger partial charge in [0.05, 0.1) is 0 Å². The van der Waals surface area contributed by atoms with Gasteiger partial charge in [-0.1, -0.05) is 184 Å². The van der Waals surface area contributed by atoms with Gasteiger partial charge in [0.25, 0.3) is 0 Å². The van der Waals surface area contributed by atoms with Crippen LogP contribution in [0, 0.1) is 0 Å². The van der Waals surface area contributed by atoms with Crippen molar-refractivity contribution in [3.63, 3.8) is 0 Å². The van der Waals surface area contributed by atoms with E-state index in [2.05, 4.69) is 243 Å². The van der Waals surface area contributed by atoms with Crippen molar-refractivity contribution >= 4 is 39.0 Å². The maximum atomic E-state index is 6.16. The van der Waals surface area contributed by atoms with Crippen LogP contribution in [0.2, 0.25) is 0 Å². The molecule has 10 aromatic carbocycles. The van der Waals surface area contributed by atoms with Crippen LogP contribution in [-0.2, 0) is 5.41 Å². The summed E-state index contributed by atoms with van der Waals surface area (Å²) in [5.41, 5.74) is 22.2. The van der Waals surface area contributed by atoms with Gasteiger partial charge >= 0.3 is 0 Å². The molecule has 0 atom stereocenters. The molecule has 2 nitrogen and oxygen atoms in total. The lowest BCUT2D eigenvalue weighted by molar-refractivity contribution is 0.660. The van der Waals surface area contributed by atoms with E-state index in [1.165, 1.54) is 61.2 Å². The molecule has 0 fully saturated rings. The fourth-order valence-corrected chi connectivity index (χ4v) is 10.0. The first-order valence-electron chi connectivity index (χ1n) is 22.5. The second-order valence-corrected chi connectivity index (χ2v) is 17.7. The topological polar surface area (TPSA) is 16.4 Å². The second kappa shape index (κ2) is 15.6. The molecule has 0 spiro atoms. The van der Waals surface area contributed by atoms with Crippen LogP contribution in [0.25, 0.3) is 88.7 Å². The zero-order chi connectivity index (χ0) is 43.5. The van der Waals surface area contributed by atoms with Crippen molar-refractivity contribution in [2.45, 2.75) is 19.3 Å². The van der Waals surface area contributed by atoms with E-state index in [1.807, 2.05) is 12.1 Å². The number of hydrogen-bond donors (Lipinski definition) is 0. The van der Waals surface area contributed by atoms with Crippen LogP contribution in [0.15, 0.2) is 241 Å². The summed E-state index contributed by atoms with van der Waals surface area (Å²) in [5, 5.41) is 2.27. The standard InChI is InChI=1S/C63H45NO/c1-63(2)59-40-51(43-15-7-4-8-16-43)29-34-55(59)56-35-33-54(41-60(56)63)64(52-31-27-46(28-32-52)45-25-23-44(24-26-45)42-13-5-3-6-14-42)53-20-12-19-49(38-53)47-17-11-18-48(37-47)50-30-36-62-58(39-50)57-21-9-10-22-61(57)65-62/h3-41H,1-2H3. The van der Waals surface area contributed by atoms with Crippen LogP contribution in [0.4, 0.5) is 17.1 Å². The smallest absolute Gasteiger partial charge is 0.135 e. The Labute approximate surface area is 380 Å². The number of rotatable bonds is 8. The molecule has 1 aromatic heterocycles. The maximum Gasteiger partial charge on any atom is 0.135 e. The van der Waals surface area contributed by atoms with Crippen molar-refractivity contribution in [1.29, 1.82) is 0 Å². The van der Waals surface area contributed by atoms with Crippen molar-refractivity contribution < 1.29 is 4.42 Å². The fraction of sp³-hybridized carbons (Fsp3) is 0.0476. The predicted octanol–water partition coefficient (Wildman–Crippen LogP) is 17.7. The van der Waals surface area contributed by atoms with Gasteiger partial charge in [-0.2, -0.15) is 0 Å². The Morgan fingerprint density at radius 2 is 0.723 bits per heavy atom. The lowest BCUT2D eigenvalue weighted by atomic mass is 9.81. The third-order valence-electron chi connectivity index (χ3n) is 13.5. The first-order chi connectivity index (χ1) is 31.9. The number of para-hydroxylation sites is 1. The summed E-state index contributed by atoms with van der Waals surface area (Å²) < 4.78 is 6.16. The highest BCUT2D eigenvalue weighted by atomic mass is 16.3. The van der Waals surface area contributed by atoms with Gasteiger partial charge in [-0.3, -0.25) is 0 Å². The molecule has 0 amide bonds. The molecule has 65 heavy (non-hydrogen) atoms. The van der Waals surface area contributed by atoms with Gasteiger partial charge < -0.3 is 9.32 Å². The van der Waals surface area contributed by atoms with E-state index >= 15 is 0 Å². The summed E-state index contributed by atoms with van der Waals surface area (Å²) in [6, 6.07) is 86.0. The fourth-order valence-electron chi connectivity index (χ4n) is 10.0. The molecule has 1 aliphatic rings. The minimum atomic E-state index is -0.193. The highest BCUT2D eigenvalue weighted by molar-refractivity contribution is 6.06. The second-order valence-electron chi connectivity index (χ2n) is 17.7. The zero-order valence-corrected chi connectivity index (χ0v) is 36.4. The summed E-state index contributed by atoms with van der Waals surface area (Å²) in [6.45, 7) is 4.75. The molecule has 0 saturated heterocycles. The van der Waals surface area contributed by atoms with Crippen molar-refractivity contribution in [2.75, 3.05) is 4.90 Å². The first-order valence-corrected chi connectivity index (χ1v) is 22.5. The Bertz CT molecular complexity index is 3540. The summed E-state index contributed by atoms with van der Waals surface area (Å²) in [6.07, 6.45) is 0. The summed E-state index contributed by atoms with van der Waals surface area (Å²) in [4.78, 5) is 2.42. The highest BCUT2D eigenvalue weighted by Crippen LogP contribution is 2.52. The Morgan fingerprint density at radius 3 is 1.42 bits per heavy atom. The summed E-state index contributed by atoms with van der Waals surface area (Å²) in [5.74, 6) is 0. The van der Waals surface area contributed by atoms with Crippen LogP contribution >= 0.6 is 0 Å². The van der Waals surface area contributed by atoms with Crippen LogP contribution < -0.4 is 4.90 Å². The van der Waals surface area contributed by atoms with Gasteiger partial charge in [0.15, 0.2) is 0 Å². The summed E-state index contributed by atoms with van der Waals surface area (Å²) >= 11 is 0. The van der Waals surface area contributed by atoms with E-state index in [9.17, 15) is 0 Å². The van der Waals surface area contributed by atoms with Crippen LogP contribution in [-0.4, -0.2) is 0 Å². The molecule has 0 bridgehead atoms. The Balaban J connectivity index is 0.935. The van der Waals surface area contributed by atoms with Crippen LogP contribution in [0.5, 0.6) is 0 Å². The number of furan rings is 1. The number of nitrogens with zero attached hydrogens (tertiary/aromatic N) is 1. The predicted molar refractivity (Wildman–Crippen MR) is 273 cm³/mol. The molecule has 0 aliphatic heterocycles. The minimum absolute atomic E-state index is 0.193. The highest BCUT2D eigenvalue weighted by Gasteiger charge is 2.36. The molecule has 1 heterocycles. The van der Waals surface area contributed by atoms with E-state index in [0.29, 0.717) is 0 Å². The van der Waals surface area contributed by atoms with Gasteiger partial charge in [0.1, 0.15) is 11.2 Å². The minimum Gasteiger partial charge on any atom is -0.456 e. The lowest BCUT2D eigenvalue weighted by Crippen LogP contribution is -2.16. The molecule has 0 radical (unpaired) electrons. The van der Waals surface area contributed by atoms with Gasteiger partial charge in [-0.05, 0) is 145 Å². The zero-order valence-electron chi connectivity index (χ0n) is 36.4. The van der Waals surface area contributed by atoms with Gasteiger partial charge in [0, 0.05) is 33.2 Å². The Hall–Kier alpha value is -8.20. The van der Waals surface area contributed by atoms with Crippen molar-refractivity contribution in [2.24, 2.45) is 0 Å². The third-order valence-corrected chi connectivity index (χ3v) is 13.5. The average molecular weight is 832 g/mol. The normalized spacial score (nSPS) is 12.6. The van der Waals surface area contributed by atoms with Crippen molar-refractivity contribution in [3.8, 4) is 66.8 Å². The first kappa shape index (κ1) is 38.5. The SMILES string of the molecule is CC1(C)c2cc(-c3ccccc3)ccc2-c2ccc(N(c3ccc(-c4ccc(-c5ccccc5)cc4)cc3)c3cccc(-c4cccc(-c5ccc6oc7ccccc7c6c5)c4)c3)cc21. The van der Waals surface area contributed by atoms with E-state index in [-0.39, 0.29) is 5.41 Å². The van der Waals surface area contributed by atoms with E-state index in [4.69, 9.17) is 4.42 Å². The number of fused-ring (bicyclic) bond motifs is 6. The average Bonchev–Trinajstić information content (AvgIpc) is 3.85. The molecule has 1 aliphatic carbocycles. The lowest BCUT2D eigenvalue weighted by Gasteiger charge is -2.28. The molecule has 308 valence electrons. The molecule has 11 aromatic rings. The number of anilines is 3. The van der Waals surface area contributed by atoms with E-state index in [1.54, 1.807) is 0 Å². The number of hydrogen-bond acceptors (Lipinski definition) is 2. The molecular formula is C63H45NO. The van der Waals surface area contributed by atoms with Crippen molar-refractivity contribution in [3.05, 3.63) is 248 Å². The number of benzene rings is 10. The molecule has 2 heteroatoms. The van der Waals surface area contributed by atoms with Gasteiger partial charge in [0.2, 0.25) is 0 Å². The van der Waals surface area contributed by atoms with Crippen LogP contribution in [0.3, 0.4) is 0 Å². The van der Waals surface area contributed by atoms with Crippen molar-refractivity contribution in [1.82, 2.24) is 0 Å². The third kappa shape index (κ3) is 6.83. The van der Waals surface area contributed by atoms with Gasteiger partial charge in [-0.15, -0.1) is 0 Å². The Morgan fingerprint density at radius 1 is 0.292 bits per heavy atom. The maximum absolute atomic E-state index is 6.16. The monoisotopic (exact) mass is 831 g/mol. The molecule has 12 rings (SSSR count). The summed E-state index contributed by atoms with van der Waals surface area (Å²) in [7, 11) is 0. The van der Waals surface area contributed by atoms with Gasteiger partial charge in [-0.25, -0.2) is 0 Å². The molecule has 0 N–H and O–H groups in total. The Kier molecular flexibility index (Phi) is 9.21. The molecular weight excluding hydrogens is 787 g/mol. The largest absolute Gasteiger partial charge is 0.456 e. The molecule has 0 unspecified atom stereocenters. The molecule has 0 saturated carbocycles. The van der Waals surface area contributed by atoms with Crippen LogP contribution in [0.1, 0.15) is 25.0 Å². The van der Waals surface area contributed by atoms with E-state index < -0.39 is 0 Å². The quantitative estimate of drug-likeness (QED) is 0.152. The van der Waals surface area contributed by atoms with E-state index in [0.717, 1.165) is 55.7 Å².